The molecular weight excluding hydrogens is 363 g/mol. The second kappa shape index (κ2) is 8.23. The first kappa shape index (κ1) is 19.1. The number of nitrogens with zero attached hydrogens (tertiary/aromatic N) is 1. The number of nitrogens with one attached hydrogen (secondary N) is 1. The lowest BCUT2D eigenvalue weighted by molar-refractivity contribution is -0.120. The smallest absolute Gasteiger partial charge is 0.244 e. The topological polar surface area (TPSA) is 58.6 Å². The molecule has 0 saturated carbocycles. The normalized spacial score (nSPS) is 10.3. The van der Waals surface area contributed by atoms with Crippen molar-refractivity contribution in [3.63, 3.8) is 0 Å². The van der Waals surface area contributed by atoms with Crippen LogP contribution in [0.5, 0.6) is 5.75 Å². The van der Waals surface area contributed by atoms with Crippen molar-refractivity contribution < 1.29 is 14.3 Å². The fraction of sp³-hybridized carbons (Fsp3) is 0.222. The van der Waals surface area contributed by atoms with Crippen LogP contribution in [0.2, 0.25) is 10.0 Å². The zero-order valence-corrected chi connectivity index (χ0v) is 15.6. The molecule has 7 heteroatoms. The molecule has 0 aliphatic heterocycles. The van der Waals surface area contributed by atoms with E-state index in [0.717, 1.165) is 5.56 Å². The van der Waals surface area contributed by atoms with E-state index in [2.05, 4.69) is 5.32 Å². The number of ether oxygens (including phenoxy) is 1. The Hall–Kier alpha value is -2.24. The lowest BCUT2D eigenvalue weighted by Crippen LogP contribution is -2.36. The van der Waals surface area contributed by atoms with Gasteiger partial charge in [-0.2, -0.15) is 0 Å². The first-order chi connectivity index (χ1) is 11.8. The van der Waals surface area contributed by atoms with E-state index in [0.29, 0.717) is 27.2 Å². The largest absolute Gasteiger partial charge is 0.495 e. The summed E-state index contributed by atoms with van der Waals surface area (Å²) in [6, 6.07) is 10.1. The van der Waals surface area contributed by atoms with Crippen molar-refractivity contribution in [2.75, 3.05) is 23.9 Å². The average Bonchev–Trinajstić information content (AvgIpc) is 2.55. The van der Waals surface area contributed by atoms with E-state index < -0.39 is 0 Å². The molecule has 0 aromatic heterocycles. The van der Waals surface area contributed by atoms with Crippen molar-refractivity contribution in [3.05, 3.63) is 52.0 Å². The Morgan fingerprint density at radius 2 is 1.88 bits per heavy atom. The quantitative estimate of drug-likeness (QED) is 0.840. The molecule has 132 valence electrons. The number of hydrogen-bond acceptors (Lipinski definition) is 3. The maximum Gasteiger partial charge on any atom is 0.244 e. The summed E-state index contributed by atoms with van der Waals surface area (Å²) in [5.41, 5.74) is 2.00. The molecule has 25 heavy (non-hydrogen) atoms. The Balaban J connectivity index is 2.17. The van der Waals surface area contributed by atoms with Gasteiger partial charge in [-0.25, -0.2) is 0 Å². The number of hydrogen-bond donors (Lipinski definition) is 1. The fourth-order valence-electron chi connectivity index (χ4n) is 2.31. The summed E-state index contributed by atoms with van der Waals surface area (Å²) in [4.78, 5) is 25.7. The summed E-state index contributed by atoms with van der Waals surface area (Å²) >= 11 is 12.0. The van der Waals surface area contributed by atoms with E-state index in [-0.39, 0.29) is 18.4 Å². The Labute approximate surface area is 156 Å². The standard InChI is InChI=1S/C18H18Cl2N2O3/c1-11-8-13(19)4-6-16(11)21-18(24)10-22(12(2)23)14-5-7-17(25-3)15(20)9-14/h4-9H,10H2,1-3H3,(H,21,24). The van der Waals surface area contributed by atoms with E-state index in [1.807, 2.05) is 6.92 Å². The minimum absolute atomic E-state index is 0.139. The number of halogens is 2. The molecule has 2 amide bonds. The Morgan fingerprint density at radius 3 is 2.44 bits per heavy atom. The van der Waals surface area contributed by atoms with Gasteiger partial charge in [-0.05, 0) is 48.9 Å². The maximum atomic E-state index is 12.4. The molecule has 0 atom stereocenters. The minimum atomic E-state index is -0.326. The average molecular weight is 381 g/mol. The van der Waals surface area contributed by atoms with E-state index in [9.17, 15) is 9.59 Å². The third-order valence-corrected chi connectivity index (χ3v) is 4.12. The zero-order chi connectivity index (χ0) is 18.6. The van der Waals surface area contributed by atoms with Crippen LogP contribution in [0.15, 0.2) is 36.4 Å². The lowest BCUT2D eigenvalue weighted by atomic mass is 10.2. The molecule has 0 aliphatic carbocycles. The van der Waals surface area contributed by atoms with Gasteiger partial charge in [-0.15, -0.1) is 0 Å². The Morgan fingerprint density at radius 1 is 1.16 bits per heavy atom. The van der Waals surface area contributed by atoms with Gasteiger partial charge in [-0.3, -0.25) is 9.59 Å². The molecular formula is C18H18Cl2N2O3. The summed E-state index contributed by atoms with van der Waals surface area (Å²) in [6.45, 7) is 3.09. The van der Waals surface area contributed by atoms with Crippen molar-refractivity contribution in [2.45, 2.75) is 13.8 Å². The highest BCUT2D eigenvalue weighted by atomic mass is 35.5. The van der Waals surface area contributed by atoms with E-state index in [4.69, 9.17) is 27.9 Å². The van der Waals surface area contributed by atoms with E-state index >= 15 is 0 Å². The van der Waals surface area contributed by atoms with Crippen LogP contribution in [-0.2, 0) is 9.59 Å². The second-order valence-electron chi connectivity index (χ2n) is 5.43. The van der Waals surface area contributed by atoms with Crippen LogP contribution in [0.1, 0.15) is 12.5 Å². The molecule has 0 bridgehead atoms. The van der Waals surface area contributed by atoms with Gasteiger partial charge >= 0.3 is 0 Å². The molecule has 0 saturated heterocycles. The highest BCUT2D eigenvalue weighted by Gasteiger charge is 2.17. The molecule has 0 unspecified atom stereocenters. The monoisotopic (exact) mass is 380 g/mol. The highest BCUT2D eigenvalue weighted by molar-refractivity contribution is 6.32. The molecule has 0 fully saturated rings. The van der Waals surface area contributed by atoms with Gasteiger partial charge in [0.05, 0.1) is 12.1 Å². The number of methoxy groups -OCH3 is 1. The van der Waals surface area contributed by atoms with Gasteiger partial charge in [0.15, 0.2) is 0 Å². The zero-order valence-electron chi connectivity index (χ0n) is 14.1. The van der Waals surface area contributed by atoms with E-state index in [1.54, 1.807) is 36.4 Å². The highest BCUT2D eigenvalue weighted by Crippen LogP contribution is 2.29. The molecule has 2 aromatic rings. The van der Waals surface area contributed by atoms with E-state index in [1.165, 1.54) is 18.9 Å². The minimum Gasteiger partial charge on any atom is -0.495 e. The number of benzene rings is 2. The van der Waals surface area contributed by atoms with Crippen LogP contribution in [0.3, 0.4) is 0 Å². The molecule has 0 spiro atoms. The summed E-state index contributed by atoms with van der Waals surface area (Å²) in [5.74, 6) is -0.105. The first-order valence-corrected chi connectivity index (χ1v) is 8.25. The lowest BCUT2D eigenvalue weighted by Gasteiger charge is -2.21. The van der Waals surface area contributed by atoms with Crippen LogP contribution < -0.4 is 15.0 Å². The molecule has 5 nitrogen and oxygen atoms in total. The number of anilines is 2. The molecule has 1 N–H and O–H groups in total. The van der Waals surface area contributed by atoms with Gasteiger partial charge in [0.25, 0.3) is 0 Å². The predicted molar refractivity (Wildman–Crippen MR) is 101 cm³/mol. The van der Waals surface area contributed by atoms with Gasteiger partial charge < -0.3 is 15.0 Å². The van der Waals surface area contributed by atoms with Crippen LogP contribution in [0, 0.1) is 6.92 Å². The number of carbonyl (C=O) groups is 2. The Bertz CT molecular complexity index is 809. The summed E-state index contributed by atoms with van der Waals surface area (Å²) in [6.07, 6.45) is 0. The molecule has 0 heterocycles. The number of amides is 2. The van der Waals surface area contributed by atoms with Crippen molar-refractivity contribution in [3.8, 4) is 5.75 Å². The van der Waals surface area contributed by atoms with Crippen LogP contribution in [0.4, 0.5) is 11.4 Å². The third kappa shape index (κ3) is 4.87. The molecule has 2 rings (SSSR count). The Kier molecular flexibility index (Phi) is 6.28. The first-order valence-electron chi connectivity index (χ1n) is 7.49. The summed E-state index contributed by atoms with van der Waals surface area (Å²) in [7, 11) is 1.51. The van der Waals surface area contributed by atoms with Crippen LogP contribution >= 0.6 is 23.2 Å². The molecule has 2 aromatic carbocycles. The van der Waals surface area contributed by atoms with Crippen molar-refractivity contribution in [1.29, 1.82) is 0 Å². The van der Waals surface area contributed by atoms with Crippen molar-refractivity contribution in [2.24, 2.45) is 0 Å². The summed E-state index contributed by atoms with van der Waals surface area (Å²) in [5, 5.41) is 3.73. The number of aryl methyl sites for hydroxylation is 1. The van der Waals surface area contributed by atoms with Gasteiger partial charge in [-0.1, -0.05) is 23.2 Å². The van der Waals surface area contributed by atoms with Crippen molar-refractivity contribution in [1.82, 2.24) is 0 Å². The van der Waals surface area contributed by atoms with Crippen LogP contribution in [-0.4, -0.2) is 25.5 Å². The van der Waals surface area contributed by atoms with Gasteiger partial charge in [0.1, 0.15) is 12.3 Å². The SMILES string of the molecule is COc1ccc(N(CC(=O)Nc2ccc(Cl)cc2C)C(C)=O)cc1Cl. The second-order valence-corrected chi connectivity index (χ2v) is 6.28. The number of carbonyl (C=O) groups excluding carboxylic acids is 2. The summed E-state index contributed by atoms with van der Waals surface area (Å²) < 4.78 is 5.10. The van der Waals surface area contributed by atoms with Gasteiger partial charge in [0.2, 0.25) is 11.8 Å². The van der Waals surface area contributed by atoms with Crippen molar-refractivity contribution >= 4 is 46.4 Å². The number of rotatable bonds is 5. The predicted octanol–water partition coefficient (Wildman–Crippen LogP) is 4.30. The fourth-order valence-corrected chi connectivity index (χ4v) is 2.79. The van der Waals surface area contributed by atoms with Gasteiger partial charge in [0, 0.05) is 23.3 Å². The molecule has 0 aliphatic rings. The maximum absolute atomic E-state index is 12.4. The molecule has 0 radical (unpaired) electrons. The van der Waals surface area contributed by atoms with Crippen LogP contribution in [0.25, 0.3) is 0 Å². The third-order valence-electron chi connectivity index (χ3n) is 3.59.